The summed E-state index contributed by atoms with van der Waals surface area (Å²) < 4.78 is 1.70. The molecule has 0 fully saturated rings. The number of aromatic nitrogens is 2. The topological polar surface area (TPSA) is 87.5 Å². The van der Waals surface area contributed by atoms with E-state index in [9.17, 15) is 9.59 Å². The van der Waals surface area contributed by atoms with Crippen LogP contribution >= 0.6 is 15.9 Å². The van der Waals surface area contributed by atoms with Crippen LogP contribution in [-0.2, 0) is 11.8 Å². The molecule has 1 aliphatic carbocycles. The van der Waals surface area contributed by atoms with Crippen molar-refractivity contribution in [2.75, 3.05) is 25.5 Å². The maximum atomic E-state index is 11.9. The molecule has 0 aromatic carbocycles. The predicted octanol–water partition coefficient (Wildman–Crippen LogP) is 2.02. The molecule has 1 radical (unpaired) electrons. The molecule has 0 saturated carbocycles. The molecular formula is C18H23BrLrN4O3-2. The van der Waals surface area contributed by atoms with Crippen molar-refractivity contribution in [2.45, 2.75) is 18.9 Å². The number of likely N-dealkylation sites (N-methyl/N-ethyl adjacent to an activating group) is 1. The van der Waals surface area contributed by atoms with Gasteiger partial charge in [0.2, 0.25) is 0 Å². The van der Waals surface area contributed by atoms with Gasteiger partial charge in [0.25, 0.3) is 5.56 Å². The van der Waals surface area contributed by atoms with Crippen molar-refractivity contribution in [3.63, 3.8) is 0 Å². The van der Waals surface area contributed by atoms with Crippen LogP contribution in [0.3, 0.4) is 0 Å². The number of rotatable bonds is 8. The Morgan fingerprint density at radius 1 is 1.52 bits per heavy atom. The van der Waals surface area contributed by atoms with Gasteiger partial charge >= 0.3 is 5.97 Å². The van der Waals surface area contributed by atoms with Gasteiger partial charge in [-0.05, 0) is 42.5 Å². The van der Waals surface area contributed by atoms with E-state index in [4.69, 9.17) is 5.11 Å². The Bertz CT molecular complexity index is 791. The number of hydrogen-bond donors (Lipinski definition) is 2. The summed E-state index contributed by atoms with van der Waals surface area (Å²) in [6.45, 7) is 5.47. The van der Waals surface area contributed by atoms with Crippen molar-refractivity contribution in [2.24, 2.45) is 7.05 Å². The Morgan fingerprint density at radius 2 is 2.22 bits per heavy atom. The van der Waals surface area contributed by atoms with Gasteiger partial charge in [-0.25, -0.2) is 27.5 Å². The molecule has 0 bridgehead atoms. The third kappa shape index (κ3) is 6.00. The van der Waals surface area contributed by atoms with Crippen LogP contribution in [0.2, 0.25) is 0 Å². The summed E-state index contributed by atoms with van der Waals surface area (Å²) in [5.74, 6) is -0.847. The summed E-state index contributed by atoms with van der Waals surface area (Å²) in [6, 6.07) is -0.127. The Hall–Kier alpha value is -3.06. The third-order valence-corrected chi connectivity index (χ3v) is 4.86. The number of carbonyl (C=O) groups is 1. The van der Waals surface area contributed by atoms with Crippen molar-refractivity contribution >= 4 is 27.6 Å². The van der Waals surface area contributed by atoms with Gasteiger partial charge in [0.1, 0.15) is 4.47 Å². The second-order valence-electron chi connectivity index (χ2n) is 6.31. The average molecular weight is 685 g/mol. The number of aryl methyl sites for hydroxylation is 1. The molecule has 0 aliphatic heterocycles. The first-order valence-corrected chi connectivity index (χ1v) is 9.03. The van der Waals surface area contributed by atoms with Crippen LogP contribution in [0.25, 0.3) is 0 Å². The first-order chi connectivity index (χ1) is 12.3. The number of anilines is 1. The van der Waals surface area contributed by atoms with Gasteiger partial charge in [0, 0.05) is 12.6 Å². The van der Waals surface area contributed by atoms with Crippen molar-refractivity contribution in [3.8, 4) is 0 Å². The zero-order chi connectivity index (χ0) is 19.3. The van der Waals surface area contributed by atoms with Crippen LogP contribution in [0, 0.1) is 13.3 Å². The van der Waals surface area contributed by atoms with Crippen molar-refractivity contribution < 1.29 is 9.90 Å². The molecule has 157 valence electrons. The van der Waals surface area contributed by atoms with E-state index in [-0.39, 0.29) is 11.6 Å². The molecular weight excluding hydrogens is 662 g/mol. The standard InChI is InChI=1S/C18H23BrN4O3.Lr/c1-12(21-15-10-20-23(3)17(24)16(15)19)11-22(2)9-8-13-4-6-14(7-5-13)18(25)26;/h4,6,8,10,12,21H,1,5,7,9,11H2,2-3H3,(H,25,26);/q-2;/t12-;/m1./s1. The maximum Gasteiger partial charge on any atom is 0.330 e. The summed E-state index contributed by atoms with van der Waals surface area (Å²) in [5, 5.41) is 16.1. The second-order valence-corrected chi connectivity index (χ2v) is 7.10. The quantitative estimate of drug-likeness (QED) is 0.408. The third-order valence-electron chi connectivity index (χ3n) is 4.09. The molecule has 1 aliphatic rings. The van der Waals surface area contributed by atoms with E-state index < -0.39 is 5.97 Å². The minimum Gasteiger partial charge on any atom is -0.478 e. The fourth-order valence-corrected chi connectivity index (χ4v) is 3.08. The van der Waals surface area contributed by atoms with Gasteiger partial charge in [0.05, 0.1) is 11.9 Å². The summed E-state index contributed by atoms with van der Waals surface area (Å²) in [6.07, 6.45) is 8.52. The van der Waals surface area contributed by atoms with E-state index in [1.807, 2.05) is 13.1 Å². The minimum absolute atomic E-state index is 0. The Morgan fingerprint density at radius 3 is 2.81 bits per heavy atom. The number of nitrogens with one attached hydrogen (secondary N) is 1. The normalized spacial score (nSPS) is 14.7. The molecule has 1 aromatic heterocycles. The SMILES string of the molecule is [CH2-][C@H](CN(C)C[CH-]C1=CC=C(C(=O)O)CC1)Nc1cnn(C)c(=O)c1Br.[Lr]. The summed E-state index contributed by atoms with van der Waals surface area (Å²) >= 11 is 3.29. The van der Waals surface area contributed by atoms with Gasteiger partial charge < -0.3 is 22.2 Å². The summed E-state index contributed by atoms with van der Waals surface area (Å²) in [7, 11) is 3.58. The van der Waals surface area contributed by atoms with Gasteiger partial charge in [-0.1, -0.05) is 12.5 Å². The number of aliphatic carboxylic acids is 1. The Kier molecular flexibility index (Phi) is 7.80. The van der Waals surface area contributed by atoms with Gasteiger partial charge in [0.15, 0.2) is 0 Å². The zero-order valence-corrected chi connectivity index (χ0v) is 18.9. The molecule has 7 nitrogen and oxygen atoms in total. The molecule has 0 spiro atoms. The number of carboxylic acids is 1. The molecule has 1 heterocycles. The Balaban J connectivity index is 0.00000364. The number of carboxylic acid groups (broad SMARTS) is 1. The predicted molar refractivity (Wildman–Crippen MR) is 105 cm³/mol. The monoisotopic (exact) mass is 684 g/mol. The molecule has 27 heavy (non-hydrogen) atoms. The summed E-state index contributed by atoms with van der Waals surface area (Å²) in [4.78, 5) is 24.9. The van der Waals surface area contributed by atoms with Crippen molar-refractivity contribution in [3.05, 3.63) is 57.7 Å². The molecule has 1 atom stereocenters. The molecule has 2 N–H and O–H groups in total. The molecule has 0 amide bonds. The number of allylic oxidation sites excluding steroid dienone is 2. The van der Waals surface area contributed by atoms with Crippen LogP contribution in [0.1, 0.15) is 12.8 Å². The number of nitrogens with zero attached hydrogens (tertiary/aromatic N) is 3. The largest absolute Gasteiger partial charge is 0.478 e. The van der Waals surface area contributed by atoms with Crippen LogP contribution in [0.15, 0.2) is 38.8 Å². The van der Waals surface area contributed by atoms with Crippen molar-refractivity contribution in [1.29, 1.82) is 0 Å². The number of halogens is 1. The maximum absolute atomic E-state index is 11.9. The minimum atomic E-state index is -0.847. The first kappa shape index (κ1) is 22.0. The zero-order valence-electron chi connectivity index (χ0n) is 15.2. The van der Waals surface area contributed by atoms with Gasteiger partial charge in [-0.2, -0.15) is 5.10 Å². The second kappa shape index (κ2) is 9.59. The van der Waals surface area contributed by atoms with E-state index in [0.717, 1.165) is 18.5 Å². The molecule has 9 heteroatoms. The van der Waals surface area contributed by atoms with E-state index in [2.05, 4.69) is 44.6 Å². The molecule has 1 aromatic rings. The van der Waals surface area contributed by atoms with Gasteiger partial charge in [-0.3, -0.25) is 4.79 Å². The van der Waals surface area contributed by atoms with Crippen molar-refractivity contribution in [1.82, 2.24) is 14.7 Å². The molecule has 2 rings (SSSR count). The first-order valence-electron chi connectivity index (χ1n) is 8.24. The van der Waals surface area contributed by atoms with Crippen LogP contribution < -0.4 is 10.9 Å². The van der Waals surface area contributed by atoms with Crippen LogP contribution in [0.4, 0.5) is 5.69 Å². The van der Waals surface area contributed by atoms with Gasteiger partial charge in [-0.15, -0.1) is 6.08 Å². The molecule has 0 unspecified atom stereocenters. The summed E-state index contributed by atoms with van der Waals surface area (Å²) in [5.41, 5.74) is 1.99. The Labute approximate surface area is 161 Å². The van der Waals surface area contributed by atoms with Crippen LogP contribution in [-0.4, -0.2) is 51.9 Å². The van der Waals surface area contributed by atoms with Crippen LogP contribution in [0.5, 0.6) is 0 Å². The van der Waals surface area contributed by atoms with E-state index >= 15 is 0 Å². The smallest absolute Gasteiger partial charge is 0.330 e. The van der Waals surface area contributed by atoms with E-state index in [0.29, 0.717) is 28.7 Å². The fourth-order valence-electron chi connectivity index (χ4n) is 2.60. The van der Waals surface area contributed by atoms with E-state index in [1.165, 1.54) is 4.68 Å². The fraction of sp³-hybridized carbons (Fsp3) is 0.389. The molecule has 0 saturated heterocycles. The number of hydrogen-bond acceptors (Lipinski definition) is 5. The average Bonchev–Trinajstić information content (AvgIpc) is 2.61. The van der Waals surface area contributed by atoms with E-state index in [1.54, 1.807) is 19.3 Å².